The van der Waals surface area contributed by atoms with Crippen LogP contribution in [0.3, 0.4) is 0 Å². The van der Waals surface area contributed by atoms with Crippen LogP contribution in [0, 0.1) is 0 Å². The molecule has 0 aromatic carbocycles. The summed E-state index contributed by atoms with van der Waals surface area (Å²) in [5.41, 5.74) is 0. The van der Waals surface area contributed by atoms with Crippen molar-refractivity contribution in [2.75, 3.05) is 46.3 Å². The van der Waals surface area contributed by atoms with Crippen molar-refractivity contribution in [2.45, 2.75) is 19.4 Å². The summed E-state index contributed by atoms with van der Waals surface area (Å²) in [7, 11) is 2.07. The molecule has 1 atom stereocenters. The number of piperazine rings is 1. The Balaban J connectivity index is 2.10. The van der Waals surface area contributed by atoms with Gasteiger partial charge in [-0.15, -0.1) is 0 Å². The number of rotatable bonds is 5. The molecule has 0 aromatic rings. The lowest BCUT2D eigenvalue weighted by molar-refractivity contribution is -0.131. The van der Waals surface area contributed by atoms with E-state index in [0.29, 0.717) is 19.5 Å². The molecule has 0 bridgehead atoms. The summed E-state index contributed by atoms with van der Waals surface area (Å²) < 4.78 is 0. The molecule has 1 aliphatic rings. The van der Waals surface area contributed by atoms with Gasteiger partial charge in [0.1, 0.15) is 0 Å². The minimum Gasteiger partial charge on any atom is -0.393 e. The summed E-state index contributed by atoms with van der Waals surface area (Å²) >= 11 is 0. The average Bonchev–Trinajstić information content (AvgIpc) is 2.25. The number of carbonyl (C=O) groups excluding carboxylic acids is 1. The molecule has 1 rings (SSSR count). The Labute approximate surface area is 97.4 Å². The Hall–Kier alpha value is -0.650. The molecule has 1 heterocycles. The van der Waals surface area contributed by atoms with E-state index in [4.69, 9.17) is 5.11 Å². The zero-order valence-corrected chi connectivity index (χ0v) is 10.3. The Kier molecular flexibility index (Phi) is 5.73. The van der Waals surface area contributed by atoms with E-state index in [2.05, 4.69) is 17.3 Å². The highest BCUT2D eigenvalue weighted by Crippen LogP contribution is 1.98. The molecule has 0 radical (unpaired) electrons. The Morgan fingerprint density at radius 1 is 1.38 bits per heavy atom. The average molecular weight is 229 g/mol. The molecule has 1 fully saturated rings. The van der Waals surface area contributed by atoms with Crippen molar-refractivity contribution < 1.29 is 9.90 Å². The minimum atomic E-state index is -0.300. The highest BCUT2D eigenvalue weighted by molar-refractivity contribution is 5.78. The summed E-state index contributed by atoms with van der Waals surface area (Å²) in [5, 5.41) is 12.1. The first-order valence-electron chi connectivity index (χ1n) is 5.94. The number of hydrogen-bond donors (Lipinski definition) is 2. The fourth-order valence-electron chi connectivity index (χ4n) is 1.67. The number of carbonyl (C=O) groups is 1. The van der Waals surface area contributed by atoms with Crippen molar-refractivity contribution >= 4 is 5.91 Å². The SMILES string of the molecule is CC(O)CCNCC(=O)N1CCN(C)CC1. The predicted octanol–water partition coefficient (Wildman–Crippen LogP) is -0.879. The van der Waals surface area contributed by atoms with E-state index in [1.165, 1.54) is 0 Å². The largest absolute Gasteiger partial charge is 0.393 e. The minimum absolute atomic E-state index is 0.165. The van der Waals surface area contributed by atoms with Crippen LogP contribution in [-0.4, -0.2) is 73.2 Å². The molecule has 1 saturated heterocycles. The molecule has 0 saturated carbocycles. The maximum Gasteiger partial charge on any atom is 0.236 e. The van der Waals surface area contributed by atoms with Crippen molar-refractivity contribution in [1.82, 2.24) is 15.1 Å². The lowest BCUT2D eigenvalue weighted by Gasteiger charge is -2.32. The van der Waals surface area contributed by atoms with Gasteiger partial charge in [-0.25, -0.2) is 0 Å². The molecule has 16 heavy (non-hydrogen) atoms. The Morgan fingerprint density at radius 3 is 2.56 bits per heavy atom. The highest BCUT2D eigenvalue weighted by Gasteiger charge is 2.18. The summed E-state index contributed by atoms with van der Waals surface area (Å²) in [5.74, 6) is 0.165. The normalized spacial score (nSPS) is 19.8. The van der Waals surface area contributed by atoms with Crippen LogP contribution in [0.2, 0.25) is 0 Å². The molecule has 94 valence electrons. The van der Waals surface area contributed by atoms with E-state index in [1.54, 1.807) is 6.92 Å². The molecule has 0 aliphatic carbocycles. The van der Waals surface area contributed by atoms with Crippen LogP contribution in [0.1, 0.15) is 13.3 Å². The van der Waals surface area contributed by atoms with Gasteiger partial charge in [-0.1, -0.05) is 0 Å². The molecule has 0 spiro atoms. The van der Waals surface area contributed by atoms with Gasteiger partial charge < -0.3 is 20.2 Å². The fourth-order valence-corrected chi connectivity index (χ4v) is 1.67. The van der Waals surface area contributed by atoms with Crippen molar-refractivity contribution in [2.24, 2.45) is 0 Å². The molecule has 0 aromatic heterocycles. The standard InChI is InChI=1S/C11H23N3O2/c1-10(15)3-4-12-9-11(16)14-7-5-13(2)6-8-14/h10,12,15H,3-9H2,1-2H3. The van der Waals surface area contributed by atoms with Gasteiger partial charge in [-0.3, -0.25) is 4.79 Å². The van der Waals surface area contributed by atoms with E-state index < -0.39 is 0 Å². The first kappa shape index (κ1) is 13.4. The smallest absolute Gasteiger partial charge is 0.236 e. The quantitative estimate of drug-likeness (QED) is 0.601. The molecule has 2 N–H and O–H groups in total. The van der Waals surface area contributed by atoms with Crippen molar-refractivity contribution in [3.8, 4) is 0 Å². The Bertz CT molecular complexity index is 213. The van der Waals surface area contributed by atoms with Crippen LogP contribution in [0.15, 0.2) is 0 Å². The number of aliphatic hydroxyl groups is 1. The number of hydrogen-bond acceptors (Lipinski definition) is 4. The van der Waals surface area contributed by atoms with Crippen LogP contribution in [0.25, 0.3) is 0 Å². The summed E-state index contributed by atoms with van der Waals surface area (Å²) in [6.45, 7) is 6.40. The fraction of sp³-hybridized carbons (Fsp3) is 0.909. The van der Waals surface area contributed by atoms with Gasteiger partial charge >= 0.3 is 0 Å². The lowest BCUT2D eigenvalue weighted by Crippen LogP contribution is -2.49. The van der Waals surface area contributed by atoms with Gasteiger partial charge in [0.2, 0.25) is 5.91 Å². The van der Waals surface area contributed by atoms with Crippen LogP contribution in [0.5, 0.6) is 0 Å². The first-order chi connectivity index (χ1) is 7.59. The summed E-state index contributed by atoms with van der Waals surface area (Å²) in [4.78, 5) is 15.9. The molecule has 5 nitrogen and oxygen atoms in total. The van der Waals surface area contributed by atoms with E-state index in [-0.39, 0.29) is 12.0 Å². The molecule has 1 aliphatic heterocycles. The summed E-state index contributed by atoms with van der Waals surface area (Å²) in [6, 6.07) is 0. The van der Waals surface area contributed by atoms with Crippen molar-refractivity contribution in [3.63, 3.8) is 0 Å². The number of aliphatic hydroxyl groups excluding tert-OH is 1. The van der Waals surface area contributed by atoms with Crippen molar-refractivity contribution in [1.29, 1.82) is 0 Å². The topological polar surface area (TPSA) is 55.8 Å². The molecular formula is C11H23N3O2. The molecule has 1 amide bonds. The van der Waals surface area contributed by atoms with Gasteiger partial charge in [0.05, 0.1) is 12.6 Å². The molecule has 1 unspecified atom stereocenters. The lowest BCUT2D eigenvalue weighted by atomic mass is 10.3. The van der Waals surface area contributed by atoms with E-state index in [9.17, 15) is 4.79 Å². The monoisotopic (exact) mass is 229 g/mol. The number of likely N-dealkylation sites (N-methyl/N-ethyl adjacent to an activating group) is 1. The number of amides is 1. The van der Waals surface area contributed by atoms with Crippen LogP contribution >= 0.6 is 0 Å². The van der Waals surface area contributed by atoms with E-state index in [0.717, 1.165) is 26.2 Å². The van der Waals surface area contributed by atoms with Crippen LogP contribution < -0.4 is 5.32 Å². The number of nitrogens with zero attached hydrogens (tertiary/aromatic N) is 2. The second-order valence-corrected chi connectivity index (χ2v) is 4.50. The van der Waals surface area contributed by atoms with Gasteiger partial charge in [0, 0.05) is 26.2 Å². The third kappa shape index (κ3) is 4.92. The van der Waals surface area contributed by atoms with Gasteiger partial charge in [-0.2, -0.15) is 0 Å². The van der Waals surface area contributed by atoms with Crippen LogP contribution in [-0.2, 0) is 4.79 Å². The van der Waals surface area contributed by atoms with E-state index in [1.807, 2.05) is 4.90 Å². The Morgan fingerprint density at radius 2 is 2.00 bits per heavy atom. The molecular weight excluding hydrogens is 206 g/mol. The summed E-state index contributed by atoms with van der Waals surface area (Å²) in [6.07, 6.45) is 0.391. The molecule has 5 heteroatoms. The van der Waals surface area contributed by atoms with E-state index >= 15 is 0 Å². The maximum atomic E-state index is 11.7. The number of nitrogens with one attached hydrogen (secondary N) is 1. The first-order valence-corrected chi connectivity index (χ1v) is 5.94. The van der Waals surface area contributed by atoms with Crippen LogP contribution in [0.4, 0.5) is 0 Å². The van der Waals surface area contributed by atoms with Gasteiger partial charge in [-0.05, 0) is 26.9 Å². The second-order valence-electron chi connectivity index (χ2n) is 4.50. The third-order valence-corrected chi connectivity index (χ3v) is 2.87. The predicted molar refractivity (Wildman–Crippen MR) is 63.2 cm³/mol. The van der Waals surface area contributed by atoms with Gasteiger partial charge in [0.25, 0.3) is 0 Å². The second kappa shape index (κ2) is 6.83. The zero-order valence-electron chi connectivity index (χ0n) is 10.3. The maximum absolute atomic E-state index is 11.7. The third-order valence-electron chi connectivity index (χ3n) is 2.87. The van der Waals surface area contributed by atoms with Crippen molar-refractivity contribution in [3.05, 3.63) is 0 Å². The zero-order chi connectivity index (χ0) is 12.0. The highest BCUT2D eigenvalue weighted by atomic mass is 16.3. The van der Waals surface area contributed by atoms with Gasteiger partial charge in [0.15, 0.2) is 0 Å².